The third kappa shape index (κ3) is 4.42. The molecule has 0 radical (unpaired) electrons. The number of nitrogens with one attached hydrogen (secondary N) is 1. The molecule has 0 heterocycles. The number of halogens is 1. The lowest BCUT2D eigenvalue weighted by Gasteiger charge is -2.12. The van der Waals surface area contributed by atoms with Crippen molar-refractivity contribution in [2.45, 2.75) is 18.6 Å². The number of aromatic carboxylic acids is 1. The van der Waals surface area contributed by atoms with Crippen LogP contribution in [0.4, 0.5) is 5.69 Å². The highest BCUT2D eigenvalue weighted by atomic mass is 79.9. The number of benzene rings is 1. The van der Waals surface area contributed by atoms with E-state index in [0.717, 1.165) is 10.9 Å². The van der Waals surface area contributed by atoms with Crippen molar-refractivity contribution in [3.63, 3.8) is 0 Å². The van der Waals surface area contributed by atoms with Crippen LogP contribution in [0, 0.1) is 0 Å². The molecule has 2 N–H and O–H groups in total. The minimum Gasteiger partial charge on any atom is -0.478 e. The number of hydrogen-bond acceptors (Lipinski definition) is 3. The molecule has 0 saturated carbocycles. The van der Waals surface area contributed by atoms with E-state index in [0.29, 0.717) is 12.2 Å². The van der Waals surface area contributed by atoms with Crippen molar-refractivity contribution >= 4 is 38.4 Å². The molecule has 0 spiro atoms. The Kier molecular flexibility index (Phi) is 5.81. The fraction of sp³-hybridized carbons (Fsp3) is 0.417. The van der Waals surface area contributed by atoms with Crippen molar-refractivity contribution in [3.05, 3.63) is 28.2 Å². The Morgan fingerprint density at radius 1 is 1.56 bits per heavy atom. The Labute approximate surface area is 117 Å². The van der Waals surface area contributed by atoms with Crippen LogP contribution >= 0.6 is 15.9 Å². The van der Waals surface area contributed by atoms with Crippen LogP contribution in [0.1, 0.15) is 23.7 Å². The average molecular weight is 334 g/mol. The second kappa shape index (κ2) is 6.89. The molecule has 0 aliphatic rings. The predicted molar refractivity (Wildman–Crippen MR) is 77.7 cm³/mol. The minimum atomic E-state index is -0.967. The fourth-order valence-electron chi connectivity index (χ4n) is 1.42. The zero-order chi connectivity index (χ0) is 13.7. The van der Waals surface area contributed by atoms with Crippen molar-refractivity contribution in [1.82, 2.24) is 0 Å². The zero-order valence-electron chi connectivity index (χ0n) is 10.3. The third-order valence-corrected chi connectivity index (χ3v) is 4.51. The van der Waals surface area contributed by atoms with Gasteiger partial charge in [-0.15, -0.1) is 0 Å². The summed E-state index contributed by atoms with van der Waals surface area (Å²) in [4.78, 5) is 11.1. The molecular formula is C12H16BrNO3S. The van der Waals surface area contributed by atoms with E-state index < -0.39 is 16.8 Å². The van der Waals surface area contributed by atoms with Gasteiger partial charge in [0.2, 0.25) is 0 Å². The van der Waals surface area contributed by atoms with Gasteiger partial charge in [-0.1, -0.05) is 22.9 Å². The monoisotopic (exact) mass is 333 g/mol. The van der Waals surface area contributed by atoms with Crippen molar-refractivity contribution in [1.29, 1.82) is 0 Å². The molecular weight excluding hydrogens is 318 g/mol. The maximum Gasteiger partial charge on any atom is 0.337 e. The largest absolute Gasteiger partial charge is 0.478 e. The highest BCUT2D eigenvalue weighted by Gasteiger charge is 2.11. The first-order valence-electron chi connectivity index (χ1n) is 5.50. The number of anilines is 1. The Balaban J connectivity index is 2.67. The highest BCUT2D eigenvalue weighted by molar-refractivity contribution is 9.10. The Morgan fingerprint density at radius 3 is 2.78 bits per heavy atom. The number of carboxylic acids is 1. The van der Waals surface area contributed by atoms with E-state index >= 15 is 0 Å². The van der Waals surface area contributed by atoms with Crippen LogP contribution in [0.15, 0.2) is 22.7 Å². The second-order valence-electron chi connectivity index (χ2n) is 4.02. The molecule has 2 unspecified atom stereocenters. The maximum absolute atomic E-state index is 11.2. The van der Waals surface area contributed by atoms with Gasteiger partial charge in [-0.2, -0.15) is 0 Å². The van der Waals surface area contributed by atoms with Gasteiger partial charge in [0, 0.05) is 39.0 Å². The SMILES string of the molecule is CC(CCNc1ccc(Br)cc1C(=O)O)S(C)=O. The van der Waals surface area contributed by atoms with Crippen LogP contribution in [-0.2, 0) is 10.8 Å². The van der Waals surface area contributed by atoms with E-state index in [1.165, 1.54) is 0 Å². The van der Waals surface area contributed by atoms with Gasteiger partial charge in [-0.3, -0.25) is 4.21 Å². The normalized spacial score (nSPS) is 13.9. The standard InChI is InChI=1S/C12H16BrNO3S/c1-8(18(2)17)5-6-14-11-4-3-9(13)7-10(11)12(15)16/h3-4,7-8,14H,5-6H2,1-2H3,(H,15,16). The number of rotatable bonds is 6. The molecule has 6 heteroatoms. The molecule has 0 aliphatic carbocycles. The van der Waals surface area contributed by atoms with Crippen molar-refractivity contribution in [2.24, 2.45) is 0 Å². The minimum absolute atomic E-state index is 0.0984. The lowest BCUT2D eigenvalue weighted by atomic mass is 10.1. The zero-order valence-corrected chi connectivity index (χ0v) is 12.7. The molecule has 0 bridgehead atoms. The molecule has 4 nitrogen and oxygen atoms in total. The van der Waals surface area contributed by atoms with Gasteiger partial charge in [0.05, 0.1) is 5.56 Å². The summed E-state index contributed by atoms with van der Waals surface area (Å²) in [6, 6.07) is 5.07. The van der Waals surface area contributed by atoms with Gasteiger partial charge in [0.1, 0.15) is 0 Å². The van der Waals surface area contributed by atoms with E-state index in [9.17, 15) is 9.00 Å². The van der Waals surface area contributed by atoms with E-state index in [4.69, 9.17) is 5.11 Å². The second-order valence-corrected chi connectivity index (χ2v) is 6.74. The summed E-state index contributed by atoms with van der Waals surface area (Å²) in [6.45, 7) is 2.51. The summed E-state index contributed by atoms with van der Waals surface area (Å²) in [7, 11) is -0.850. The molecule has 0 aromatic heterocycles. The molecule has 0 saturated heterocycles. The van der Waals surface area contributed by atoms with Crippen LogP contribution in [0.3, 0.4) is 0 Å². The molecule has 100 valence electrons. The van der Waals surface area contributed by atoms with E-state index in [2.05, 4.69) is 21.2 Å². The van der Waals surface area contributed by atoms with Gasteiger partial charge in [0.15, 0.2) is 0 Å². The third-order valence-electron chi connectivity index (χ3n) is 2.64. The number of hydrogen-bond donors (Lipinski definition) is 2. The summed E-state index contributed by atoms with van der Waals surface area (Å²) in [6.07, 6.45) is 2.41. The van der Waals surface area contributed by atoms with Gasteiger partial charge in [0.25, 0.3) is 0 Å². The van der Waals surface area contributed by atoms with Crippen LogP contribution < -0.4 is 5.32 Å². The molecule has 1 aromatic carbocycles. The van der Waals surface area contributed by atoms with Gasteiger partial charge in [-0.05, 0) is 24.6 Å². The predicted octanol–water partition coefficient (Wildman–Crippen LogP) is 2.72. The van der Waals surface area contributed by atoms with Crippen molar-refractivity contribution in [3.8, 4) is 0 Å². The smallest absolute Gasteiger partial charge is 0.337 e. The molecule has 1 rings (SSSR count). The van der Waals surface area contributed by atoms with Crippen LogP contribution in [0.25, 0.3) is 0 Å². The Morgan fingerprint density at radius 2 is 2.22 bits per heavy atom. The summed E-state index contributed by atoms with van der Waals surface area (Å²) in [5.41, 5.74) is 0.814. The quantitative estimate of drug-likeness (QED) is 0.839. The lowest BCUT2D eigenvalue weighted by Crippen LogP contribution is -2.16. The topological polar surface area (TPSA) is 66.4 Å². The average Bonchev–Trinajstić information content (AvgIpc) is 2.30. The van der Waals surface area contributed by atoms with Gasteiger partial charge in [-0.25, -0.2) is 4.79 Å². The Bertz CT molecular complexity index is 465. The van der Waals surface area contributed by atoms with E-state index in [1.54, 1.807) is 24.5 Å². The summed E-state index contributed by atoms with van der Waals surface area (Å²) < 4.78 is 11.9. The van der Waals surface area contributed by atoms with Gasteiger partial charge >= 0.3 is 5.97 Å². The lowest BCUT2D eigenvalue weighted by molar-refractivity contribution is 0.0698. The highest BCUT2D eigenvalue weighted by Crippen LogP contribution is 2.21. The van der Waals surface area contributed by atoms with Crippen molar-refractivity contribution in [2.75, 3.05) is 18.1 Å². The molecule has 1 aromatic rings. The summed E-state index contributed by atoms with van der Waals surface area (Å²) >= 11 is 3.24. The number of carboxylic acid groups (broad SMARTS) is 1. The van der Waals surface area contributed by atoms with E-state index in [-0.39, 0.29) is 10.8 Å². The molecule has 0 aliphatic heterocycles. The maximum atomic E-state index is 11.2. The van der Waals surface area contributed by atoms with Crippen LogP contribution in [-0.4, -0.2) is 33.3 Å². The first kappa shape index (κ1) is 15.2. The fourth-order valence-corrected chi connectivity index (χ4v) is 2.23. The number of carbonyl (C=O) groups is 1. The molecule has 0 amide bonds. The summed E-state index contributed by atoms with van der Waals surface area (Å²) in [5.74, 6) is -0.967. The molecule has 2 atom stereocenters. The first-order valence-corrected chi connectivity index (χ1v) is 7.92. The van der Waals surface area contributed by atoms with E-state index in [1.807, 2.05) is 6.92 Å². The van der Waals surface area contributed by atoms with Crippen molar-refractivity contribution < 1.29 is 14.1 Å². The summed E-state index contributed by atoms with van der Waals surface area (Å²) in [5, 5.41) is 12.2. The first-order chi connectivity index (χ1) is 8.41. The molecule has 18 heavy (non-hydrogen) atoms. The molecule has 0 fully saturated rings. The Hall–Kier alpha value is -0.880. The van der Waals surface area contributed by atoms with Gasteiger partial charge < -0.3 is 10.4 Å². The van der Waals surface area contributed by atoms with Crippen LogP contribution in [0.2, 0.25) is 0 Å². The van der Waals surface area contributed by atoms with Crippen LogP contribution in [0.5, 0.6) is 0 Å².